The maximum Gasteiger partial charge on any atom is 0.389 e. The van der Waals surface area contributed by atoms with Gasteiger partial charge in [0.2, 0.25) is 10.0 Å². The Kier molecular flexibility index (Phi) is 7.23. The molecule has 0 fully saturated rings. The van der Waals surface area contributed by atoms with Crippen LogP contribution in [0.3, 0.4) is 0 Å². The lowest BCUT2D eigenvalue weighted by Crippen LogP contribution is -2.40. The van der Waals surface area contributed by atoms with Gasteiger partial charge in [0.25, 0.3) is 0 Å². The summed E-state index contributed by atoms with van der Waals surface area (Å²) in [6.45, 7) is 3.41. The molecule has 0 aliphatic heterocycles. The maximum atomic E-state index is 12.0. The third-order valence-corrected chi connectivity index (χ3v) is 4.70. The van der Waals surface area contributed by atoms with E-state index in [4.69, 9.17) is 5.73 Å². The minimum atomic E-state index is -4.34. The van der Waals surface area contributed by atoms with Gasteiger partial charge in [0.05, 0.1) is 10.7 Å². The number of sulfonamides is 1. The Morgan fingerprint density at radius 1 is 1.37 bits per heavy atom. The van der Waals surface area contributed by atoms with Crippen molar-refractivity contribution in [2.24, 2.45) is 5.73 Å². The highest BCUT2D eigenvalue weighted by Gasteiger charge is 2.30. The van der Waals surface area contributed by atoms with Gasteiger partial charge in [0.1, 0.15) is 0 Å². The molecule has 0 spiro atoms. The molecule has 0 atom stereocenters. The number of alkyl halides is 3. The summed E-state index contributed by atoms with van der Waals surface area (Å²) in [5, 5.41) is 0. The zero-order chi connectivity index (χ0) is 15.3. The molecule has 0 aliphatic rings. The number of nitrogens with zero attached hydrogens (tertiary/aromatic N) is 1. The molecule has 114 valence electrons. The van der Waals surface area contributed by atoms with E-state index in [-0.39, 0.29) is 24.0 Å². The molecule has 0 aromatic rings. The van der Waals surface area contributed by atoms with Gasteiger partial charge < -0.3 is 5.73 Å². The van der Waals surface area contributed by atoms with Gasteiger partial charge in [-0.1, -0.05) is 12.2 Å². The summed E-state index contributed by atoms with van der Waals surface area (Å²) in [5.74, 6) is -0.526. The second-order valence-corrected chi connectivity index (χ2v) is 7.02. The molecule has 0 heterocycles. The van der Waals surface area contributed by atoms with Gasteiger partial charge in [-0.05, 0) is 20.3 Å². The molecule has 0 bridgehead atoms. The molecule has 0 aliphatic carbocycles. The number of rotatable bonds is 8. The van der Waals surface area contributed by atoms with Crippen molar-refractivity contribution in [2.45, 2.75) is 45.3 Å². The quantitative estimate of drug-likeness (QED) is 0.695. The van der Waals surface area contributed by atoms with E-state index in [1.807, 2.05) is 0 Å². The highest BCUT2D eigenvalue weighted by molar-refractivity contribution is 7.89. The highest BCUT2D eigenvalue weighted by Crippen LogP contribution is 2.22. The largest absolute Gasteiger partial charge is 0.393 e. The molecule has 19 heavy (non-hydrogen) atoms. The minimum absolute atomic E-state index is 0.0986. The molecule has 9 heteroatoms. The van der Waals surface area contributed by atoms with Crippen molar-refractivity contribution in [1.29, 1.82) is 0 Å². The van der Waals surface area contributed by atoms with Crippen LogP contribution in [0.2, 0.25) is 0 Å². The van der Waals surface area contributed by atoms with E-state index in [0.29, 0.717) is 0 Å². The van der Waals surface area contributed by atoms with Crippen LogP contribution >= 0.6 is 12.2 Å². The standard InChI is InChI=1S/C10H19F3N2O2S2/c1-8(2)15(6-4-9(14)18)19(16,17)7-3-5-10(11,12)13/h8H,3-7H2,1-2H3,(H2,14,18). The lowest BCUT2D eigenvalue weighted by Gasteiger charge is -2.25. The van der Waals surface area contributed by atoms with Crippen LogP contribution < -0.4 is 5.73 Å². The zero-order valence-corrected chi connectivity index (χ0v) is 12.5. The van der Waals surface area contributed by atoms with Crippen molar-refractivity contribution in [3.8, 4) is 0 Å². The van der Waals surface area contributed by atoms with Crippen LogP contribution in [0.5, 0.6) is 0 Å². The van der Waals surface area contributed by atoms with Gasteiger partial charge in [-0.15, -0.1) is 0 Å². The number of nitrogens with two attached hydrogens (primary N) is 1. The number of thiocarbonyl (C=S) groups is 1. The summed E-state index contributed by atoms with van der Waals surface area (Å²) < 4.78 is 61.0. The van der Waals surface area contributed by atoms with E-state index < -0.39 is 34.8 Å². The van der Waals surface area contributed by atoms with Gasteiger partial charge >= 0.3 is 6.18 Å². The molecular weight excluding hydrogens is 301 g/mol. The molecule has 0 radical (unpaired) electrons. The molecule has 2 N–H and O–H groups in total. The van der Waals surface area contributed by atoms with Crippen molar-refractivity contribution < 1.29 is 21.6 Å². The Balaban J connectivity index is 4.58. The number of hydrogen-bond donors (Lipinski definition) is 1. The zero-order valence-electron chi connectivity index (χ0n) is 10.9. The fourth-order valence-corrected chi connectivity index (χ4v) is 3.36. The van der Waals surface area contributed by atoms with Crippen molar-refractivity contribution in [1.82, 2.24) is 4.31 Å². The van der Waals surface area contributed by atoms with E-state index in [1.165, 1.54) is 0 Å². The predicted molar refractivity (Wildman–Crippen MR) is 72.3 cm³/mol. The highest BCUT2D eigenvalue weighted by atomic mass is 32.2. The van der Waals surface area contributed by atoms with Gasteiger partial charge in [0.15, 0.2) is 0 Å². The summed E-state index contributed by atoms with van der Waals surface area (Å²) >= 11 is 4.67. The average molecular weight is 320 g/mol. The molecule has 0 rings (SSSR count). The van der Waals surface area contributed by atoms with Crippen LogP contribution in [-0.2, 0) is 10.0 Å². The van der Waals surface area contributed by atoms with Crippen molar-refractivity contribution in [3.05, 3.63) is 0 Å². The topological polar surface area (TPSA) is 63.4 Å². The molecule has 4 nitrogen and oxygen atoms in total. The predicted octanol–water partition coefficient (Wildman–Crippen LogP) is 2.05. The third-order valence-electron chi connectivity index (χ3n) is 2.37. The van der Waals surface area contributed by atoms with Crippen LogP contribution in [0.4, 0.5) is 13.2 Å². The molecule has 0 saturated heterocycles. The molecule has 0 aromatic carbocycles. The van der Waals surface area contributed by atoms with E-state index in [9.17, 15) is 21.6 Å². The molecule has 0 aromatic heterocycles. The molecule has 0 amide bonds. The Morgan fingerprint density at radius 2 is 1.89 bits per heavy atom. The lowest BCUT2D eigenvalue weighted by atomic mass is 10.3. The normalized spacial score (nSPS) is 13.2. The summed E-state index contributed by atoms with van der Waals surface area (Å²) in [7, 11) is -3.72. The van der Waals surface area contributed by atoms with Gasteiger partial charge in [0, 0.05) is 25.4 Å². The summed E-state index contributed by atoms with van der Waals surface area (Å²) in [4.78, 5) is 0.177. The van der Waals surface area contributed by atoms with Crippen LogP contribution in [0.25, 0.3) is 0 Å². The van der Waals surface area contributed by atoms with Crippen molar-refractivity contribution in [2.75, 3.05) is 12.3 Å². The Labute approximate surface area is 117 Å². The minimum Gasteiger partial charge on any atom is -0.393 e. The second-order valence-electron chi connectivity index (χ2n) is 4.46. The van der Waals surface area contributed by atoms with Crippen LogP contribution in [-0.4, -0.2) is 42.2 Å². The maximum absolute atomic E-state index is 12.0. The fraction of sp³-hybridized carbons (Fsp3) is 0.900. The summed E-state index contributed by atoms with van der Waals surface area (Å²) in [5.41, 5.74) is 5.30. The first-order valence-corrected chi connectivity index (χ1v) is 7.82. The third kappa shape index (κ3) is 8.38. The average Bonchev–Trinajstić information content (AvgIpc) is 2.13. The first-order valence-electron chi connectivity index (χ1n) is 5.80. The van der Waals surface area contributed by atoms with Crippen molar-refractivity contribution >= 4 is 27.2 Å². The van der Waals surface area contributed by atoms with E-state index in [1.54, 1.807) is 13.8 Å². The van der Waals surface area contributed by atoms with E-state index in [0.717, 1.165) is 4.31 Å². The smallest absolute Gasteiger partial charge is 0.389 e. The monoisotopic (exact) mass is 320 g/mol. The van der Waals surface area contributed by atoms with Crippen LogP contribution in [0.1, 0.15) is 33.1 Å². The van der Waals surface area contributed by atoms with Crippen molar-refractivity contribution in [3.63, 3.8) is 0 Å². The van der Waals surface area contributed by atoms with E-state index >= 15 is 0 Å². The first-order chi connectivity index (χ1) is 8.46. The first kappa shape index (κ1) is 18.6. The van der Waals surface area contributed by atoms with Gasteiger partial charge in [-0.25, -0.2) is 8.42 Å². The Bertz CT molecular complexity index is 394. The van der Waals surface area contributed by atoms with Gasteiger partial charge in [-0.3, -0.25) is 0 Å². The fourth-order valence-electron chi connectivity index (χ4n) is 1.51. The van der Waals surface area contributed by atoms with Gasteiger partial charge in [-0.2, -0.15) is 17.5 Å². The molecule has 0 unspecified atom stereocenters. The summed E-state index contributed by atoms with van der Waals surface area (Å²) in [6.07, 6.45) is -5.67. The Hall–Kier alpha value is -0.410. The SMILES string of the molecule is CC(C)N(CCC(N)=S)S(=O)(=O)CCCC(F)(F)F. The molecule has 0 saturated carbocycles. The molecular formula is C10H19F3N2O2S2. The second kappa shape index (κ2) is 7.39. The van der Waals surface area contributed by atoms with Crippen LogP contribution in [0, 0.1) is 0 Å². The number of halogens is 3. The van der Waals surface area contributed by atoms with E-state index in [2.05, 4.69) is 12.2 Å². The summed E-state index contributed by atoms with van der Waals surface area (Å²) in [6, 6.07) is -0.342. The van der Waals surface area contributed by atoms with Crippen LogP contribution in [0.15, 0.2) is 0 Å². The Morgan fingerprint density at radius 3 is 2.26 bits per heavy atom. The lowest BCUT2D eigenvalue weighted by molar-refractivity contribution is -0.134. The number of hydrogen-bond acceptors (Lipinski definition) is 3.